The van der Waals surface area contributed by atoms with Crippen LogP contribution in [-0.2, 0) is 32.7 Å². The Kier molecular flexibility index (Phi) is 6.35. The van der Waals surface area contributed by atoms with Crippen LogP contribution >= 0.6 is 0 Å². The molecule has 1 heteroatoms. The second-order valence-corrected chi connectivity index (χ2v) is 4.56. The van der Waals surface area contributed by atoms with Crippen LogP contribution in [0.4, 0.5) is 0 Å². The van der Waals surface area contributed by atoms with Crippen LogP contribution in [0.5, 0.6) is 0 Å². The van der Waals surface area contributed by atoms with Crippen LogP contribution in [0.1, 0.15) is 39.0 Å². The van der Waals surface area contributed by atoms with E-state index in [2.05, 4.69) is 13.8 Å². The van der Waals surface area contributed by atoms with Crippen molar-refractivity contribution in [2.45, 2.75) is 39.0 Å². The molecule has 0 N–H and O–H groups in total. The van der Waals surface area contributed by atoms with Gasteiger partial charge in [-0.25, -0.2) is 0 Å². The number of hydrogen-bond donors (Lipinski definition) is 0. The SMILES string of the molecule is [CH2-][C@H]1C[C@H]2CCCCC2[C@H]1C.[CH3-].[Y]. The predicted octanol–water partition coefficient (Wildman–Crippen LogP) is 3.73. The van der Waals surface area contributed by atoms with Crippen LogP contribution in [-0.4, -0.2) is 0 Å². The van der Waals surface area contributed by atoms with Crippen LogP contribution in [0, 0.1) is 38.0 Å². The molecule has 2 aliphatic rings. The van der Waals surface area contributed by atoms with Gasteiger partial charge in [-0.15, -0.1) is 0 Å². The third-order valence-corrected chi connectivity index (χ3v) is 3.99. The molecule has 1 unspecified atom stereocenters. The molecule has 0 aromatic heterocycles. The van der Waals surface area contributed by atoms with Gasteiger partial charge in [0.25, 0.3) is 0 Å². The van der Waals surface area contributed by atoms with Crippen molar-refractivity contribution in [1.82, 2.24) is 0 Å². The second-order valence-electron chi connectivity index (χ2n) is 4.56. The zero-order valence-electron chi connectivity index (χ0n) is 9.13. The quantitative estimate of drug-likeness (QED) is 0.578. The van der Waals surface area contributed by atoms with Crippen LogP contribution in [0.2, 0.25) is 0 Å². The average molecular weight is 255 g/mol. The maximum absolute atomic E-state index is 4.24. The summed E-state index contributed by atoms with van der Waals surface area (Å²) in [6.45, 7) is 6.65. The smallest absolute Gasteiger partial charge is 0 e. The molecule has 0 bridgehead atoms. The first-order valence-electron chi connectivity index (χ1n) is 5.12. The van der Waals surface area contributed by atoms with Gasteiger partial charge in [-0.2, -0.15) is 5.92 Å². The first-order valence-corrected chi connectivity index (χ1v) is 5.12. The van der Waals surface area contributed by atoms with Gasteiger partial charge in [-0.1, -0.05) is 44.9 Å². The van der Waals surface area contributed by atoms with Crippen molar-refractivity contribution < 1.29 is 32.7 Å². The van der Waals surface area contributed by atoms with Crippen LogP contribution in [0.25, 0.3) is 0 Å². The molecular formula is C12H22Y-2. The van der Waals surface area contributed by atoms with E-state index >= 15 is 0 Å². The summed E-state index contributed by atoms with van der Waals surface area (Å²) in [5.74, 6) is 3.79. The van der Waals surface area contributed by atoms with Gasteiger partial charge in [0, 0.05) is 32.7 Å². The molecule has 0 spiro atoms. The summed E-state index contributed by atoms with van der Waals surface area (Å²) < 4.78 is 0. The maximum Gasteiger partial charge on any atom is 0 e. The summed E-state index contributed by atoms with van der Waals surface area (Å²) in [5, 5.41) is 0. The van der Waals surface area contributed by atoms with Gasteiger partial charge in [0.05, 0.1) is 0 Å². The van der Waals surface area contributed by atoms with E-state index < -0.39 is 0 Å². The topological polar surface area (TPSA) is 0 Å². The third-order valence-electron chi connectivity index (χ3n) is 3.99. The molecule has 2 rings (SSSR count). The van der Waals surface area contributed by atoms with Gasteiger partial charge < -0.3 is 14.4 Å². The first kappa shape index (κ1) is 14.1. The van der Waals surface area contributed by atoms with Crippen molar-refractivity contribution >= 4 is 0 Å². The summed E-state index contributed by atoms with van der Waals surface area (Å²) in [5.41, 5.74) is 0. The molecule has 13 heavy (non-hydrogen) atoms. The van der Waals surface area contributed by atoms with Gasteiger partial charge in [0.1, 0.15) is 0 Å². The van der Waals surface area contributed by atoms with E-state index in [0.717, 1.165) is 23.7 Å². The fraction of sp³-hybridized carbons (Fsp3) is 0.833. The Morgan fingerprint density at radius 2 is 1.77 bits per heavy atom. The minimum Gasteiger partial charge on any atom is -0.358 e. The van der Waals surface area contributed by atoms with E-state index in [1.54, 1.807) is 0 Å². The summed E-state index contributed by atoms with van der Waals surface area (Å²) in [7, 11) is 0. The standard InChI is InChI=1S/C11H19.CH3.Y/c1-8-7-10-5-3-4-6-11(10)9(8)2;;/h8-11H,1,3-7H2,2H3;1H3;/q2*-1;/t8-,9-,10+,11?;;/m0../s1. The molecule has 0 nitrogen and oxygen atoms in total. The van der Waals surface area contributed by atoms with E-state index in [0.29, 0.717) is 0 Å². The van der Waals surface area contributed by atoms with Gasteiger partial charge in [-0.3, -0.25) is 0 Å². The predicted molar refractivity (Wildman–Crippen MR) is 54.5 cm³/mol. The Bertz CT molecular complexity index is 144. The van der Waals surface area contributed by atoms with E-state index in [-0.39, 0.29) is 40.1 Å². The van der Waals surface area contributed by atoms with Crippen molar-refractivity contribution in [3.05, 3.63) is 14.4 Å². The largest absolute Gasteiger partial charge is 0.358 e. The Hall–Kier alpha value is 1.10. The fourth-order valence-corrected chi connectivity index (χ4v) is 3.17. The summed E-state index contributed by atoms with van der Waals surface area (Å²) >= 11 is 0. The van der Waals surface area contributed by atoms with E-state index in [9.17, 15) is 0 Å². The van der Waals surface area contributed by atoms with E-state index in [1.807, 2.05) is 0 Å². The van der Waals surface area contributed by atoms with Crippen molar-refractivity contribution in [2.75, 3.05) is 0 Å². The van der Waals surface area contributed by atoms with Gasteiger partial charge >= 0.3 is 0 Å². The molecule has 4 atom stereocenters. The molecule has 0 heterocycles. The van der Waals surface area contributed by atoms with Crippen molar-refractivity contribution in [2.24, 2.45) is 23.7 Å². The second kappa shape index (κ2) is 5.86. The molecule has 75 valence electrons. The van der Waals surface area contributed by atoms with Crippen LogP contribution in [0.15, 0.2) is 0 Å². The Morgan fingerprint density at radius 1 is 1.15 bits per heavy atom. The molecule has 0 aromatic rings. The zero-order valence-corrected chi connectivity index (χ0v) is 12.0. The van der Waals surface area contributed by atoms with Gasteiger partial charge in [0.15, 0.2) is 0 Å². The first-order chi connectivity index (χ1) is 5.29. The fourth-order valence-electron chi connectivity index (χ4n) is 3.17. The number of rotatable bonds is 0. The summed E-state index contributed by atoms with van der Waals surface area (Å²) in [6.07, 6.45) is 7.39. The molecule has 0 aromatic carbocycles. The van der Waals surface area contributed by atoms with Gasteiger partial charge in [-0.05, 0) is 11.8 Å². The molecule has 2 fully saturated rings. The minimum absolute atomic E-state index is 0. The monoisotopic (exact) mass is 255 g/mol. The van der Waals surface area contributed by atoms with Gasteiger partial charge in [0.2, 0.25) is 0 Å². The molecule has 0 amide bonds. The summed E-state index contributed by atoms with van der Waals surface area (Å²) in [4.78, 5) is 0. The Balaban J connectivity index is 0.000000720. The third kappa shape index (κ3) is 2.78. The number of hydrogen-bond acceptors (Lipinski definition) is 0. The minimum atomic E-state index is 0. The van der Waals surface area contributed by atoms with Crippen molar-refractivity contribution in [3.8, 4) is 0 Å². The molecule has 2 saturated carbocycles. The molecule has 0 saturated heterocycles. The van der Waals surface area contributed by atoms with Crippen molar-refractivity contribution in [1.29, 1.82) is 0 Å². The Labute approximate surface area is 109 Å². The Morgan fingerprint density at radius 3 is 2.38 bits per heavy atom. The maximum atomic E-state index is 4.24. The van der Waals surface area contributed by atoms with Crippen molar-refractivity contribution in [3.63, 3.8) is 0 Å². The molecule has 0 aliphatic heterocycles. The zero-order chi connectivity index (χ0) is 7.84. The van der Waals surface area contributed by atoms with E-state index in [4.69, 9.17) is 0 Å². The number of fused-ring (bicyclic) bond motifs is 1. The molecule has 1 radical (unpaired) electrons. The molecular weight excluding hydrogens is 233 g/mol. The van der Waals surface area contributed by atoms with E-state index in [1.165, 1.54) is 32.1 Å². The average Bonchev–Trinajstić information content (AvgIpc) is 2.30. The normalized spacial score (nSPS) is 42.9. The summed E-state index contributed by atoms with van der Waals surface area (Å²) in [6, 6.07) is 0. The van der Waals surface area contributed by atoms with Crippen LogP contribution < -0.4 is 0 Å². The molecule has 2 aliphatic carbocycles. The van der Waals surface area contributed by atoms with Crippen LogP contribution in [0.3, 0.4) is 0 Å².